The summed E-state index contributed by atoms with van der Waals surface area (Å²) in [6.07, 6.45) is 2.51. The lowest BCUT2D eigenvalue weighted by Crippen LogP contribution is -2.32. The fraction of sp³-hybridized carbons (Fsp3) is 0.190. The highest BCUT2D eigenvalue weighted by atomic mass is 79.9. The van der Waals surface area contributed by atoms with Gasteiger partial charge in [0.05, 0.1) is 0 Å². The Morgan fingerprint density at radius 3 is 2.89 bits per heavy atom. The van der Waals surface area contributed by atoms with Crippen molar-refractivity contribution in [2.24, 2.45) is 5.73 Å². The van der Waals surface area contributed by atoms with Crippen LogP contribution in [0.5, 0.6) is 0 Å². The van der Waals surface area contributed by atoms with Gasteiger partial charge >= 0.3 is 0 Å². The Kier molecular flexibility index (Phi) is 5.00. The Hall–Kier alpha value is -2.93. The molecule has 0 atom stereocenters. The van der Waals surface area contributed by atoms with Crippen LogP contribution in [0.3, 0.4) is 0 Å². The van der Waals surface area contributed by atoms with Gasteiger partial charge in [-0.05, 0) is 48.2 Å². The second kappa shape index (κ2) is 7.59. The van der Waals surface area contributed by atoms with Crippen molar-refractivity contribution >= 4 is 39.2 Å². The van der Waals surface area contributed by atoms with Gasteiger partial charge in [-0.1, -0.05) is 40.7 Å². The van der Waals surface area contributed by atoms with Crippen molar-refractivity contribution in [3.8, 4) is 0 Å². The van der Waals surface area contributed by atoms with Gasteiger partial charge < -0.3 is 16.0 Å². The normalized spacial score (nSPS) is 13.1. The number of hydrogen-bond acceptors (Lipinski definition) is 6. The number of nitrogens with one attached hydrogen (secondary N) is 1. The van der Waals surface area contributed by atoms with E-state index in [1.54, 1.807) is 6.33 Å². The molecule has 7 heteroatoms. The van der Waals surface area contributed by atoms with E-state index >= 15 is 0 Å². The van der Waals surface area contributed by atoms with Gasteiger partial charge in [-0.25, -0.2) is 9.97 Å². The maximum atomic E-state index is 5.87. The van der Waals surface area contributed by atoms with E-state index in [9.17, 15) is 0 Å². The van der Waals surface area contributed by atoms with Crippen molar-refractivity contribution in [3.63, 3.8) is 0 Å². The number of benzene rings is 2. The average Bonchev–Trinajstić information content (AvgIpc) is 2.69. The third kappa shape index (κ3) is 3.71. The van der Waals surface area contributed by atoms with Gasteiger partial charge in [0.2, 0.25) is 11.9 Å². The predicted molar refractivity (Wildman–Crippen MR) is 116 cm³/mol. The van der Waals surface area contributed by atoms with E-state index in [1.165, 1.54) is 11.1 Å². The van der Waals surface area contributed by atoms with E-state index in [0.717, 1.165) is 40.8 Å². The topological polar surface area (TPSA) is 80.0 Å². The molecule has 0 bridgehead atoms. The molecule has 0 unspecified atom stereocenters. The summed E-state index contributed by atoms with van der Waals surface area (Å²) in [6.45, 7) is 7.48. The molecule has 0 saturated carbocycles. The molecule has 28 heavy (non-hydrogen) atoms. The van der Waals surface area contributed by atoms with Crippen LogP contribution in [0.2, 0.25) is 0 Å². The van der Waals surface area contributed by atoms with Crippen molar-refractivity contribution in [2.75, 3.05) is 16.8 Å². The maximum Gasteiger partial charge on any atom is 0.232 e. The van der Waals surface area contributed by atoms with Crippen molar-refractivity contribution in [1.29, 1.82) is 0 Å². The molecule has 1 aliphatic heterocycles. The summed E-state index contributed by atoms with van der Waals surface area (Å²) in [5.74, 6) is 1.18. The lowest BCUT2D eigenvalue weighted by Gasteiger charge is -2.29. The molecule has 0 radical (unpaired) electrons. The third-order valence-corrected chi connectivity index (χ3v) is 5.44. The Balaban J connectivity index is 1.57. The average molecular weight is 437 g/mol. The Bertz CT molecular complexity index is 1050. The number of hydrogen-bond donors (Lipinski definition) is 2. The molecule has 4 rings (SSSR count). The van der Waals surface area contributed by atoms with Crippen LogP contribution >= 0.6 is 15.9 Å². The van der Waals surface area contributed by atoms with Crippen LogP contribution in [0.4, 0.5) is 17.6 Å². The second-order valence-electron chi connectivity index (χ2n) is 6.82. The van der Waals surface area contributed by atoms with Crippen LogP contribution in [-0.4, -0.2) is 21.5 Å². The van der Waals surface area contributed by atoms with E-state index in [0.29, 0.717) is 17.6 Å². The smallest absolute Gasteiger partial charge is 0.232 e. The zero-order chi connectivity index (χ0) is 19.7. The molecule has 3 N–H and O–H groups in total. The second-order valence-corrected chi connectivity index (χ2v) is 7.74. The molecule has 1 aromatic heterocycles. The van der Waals surface area contributed by atoms with E-state index in [2.05, 4.69) is 65.9 Å². The number of anilines is 3. The quantitative estimate of drug-likeness (QED) is 0.638. The molecule has 0 saturated heterocycles. The van der Waals surface area contributed by atoms with E-state index < -0.39 is 0 Å². The number of halogens is 1. The summed E-state index contributed by atoms with van der Waals surface area (Å²) in [5, 5.41) is 3.28. The van der Waals surface area contributed by atoms with Crippen molar-refractivity contribution in [3.05, 3.63) is 76.0 Å². The zero-order valence-electron chi connectivity index (χ0n) is 15.6. The van der Waals surface area contributed by atoms with Gasteiger partial charge in [-0.3, -0.25) is 0 Å². The minimum Gasteiger partial charge on any atom is -0.399 e. The highest BCUT2D eigenvalue weighted by Gasteiger charge is 2.19. The van der Waals surface area contributed by atoms with Crippen molar-refractivity contribution in [1.82, 2.24) is 15.0 Å². The molecule has 2 aromatic carbocycles. The first-order valence-electron chi connectivity index (χ1n) is 9.04. The highest BCUT2D eigenvalue weighted by molar-refractivity contribution is 9.10. The number of nitrogens with zero attached hydrogens (tertiary/aromatic N) is 4. The standard InChI is InChI=1S/C21H21BrN6/c1-13-18(14(2)23)4-3-5-19(13)26-20-24-12-25-21(27-20)28-9-8-15-10-17(22)7-6-16(15)11-28/h3-7,10,12H,2,8-9,11,23H2,1H3,(H,24,25,26,27). The first-order chi connectivity index (χ1) is 13.5. The first kappa shape index (κ1) is 18.4. The summed E-state index contributed by atoms with van der Waals surface area (Å²) in [4.78, 5) is 15.5. The molecule has 0 aliphatic carbocycles. The summed E-state index contributed by atoms with van der Waals surface area (Å²) in [5.41, 5.74) is 11.9. The molecule has 6 nitrogen and oxygen atoms in total. The van der Waals surface area contributed by atoms with Crippen LogP contribution < -0.4 is 16.0 Å². The summed E-state index contributed by atoms with van der Waals surface area (Å²) in [6, 6.07) is 12.3. The molecule has 0 fully saturated rings. The van der Waals surface area contributed by atoms with Gasteiger partial charge in [-0.2, -0.15) is 4.98 Å². The fourth-order valence-electron chi connectivity index (χ4n) is 3.43. The minimum absolute atomic E-state index is 0.509. The number of fused-ring (bicyclic) bond motifs is 1. The molecule has 142 valence electrons. The van der Waals surface area contributed by atoms with E-state index in [-0.39, 0.29) is 0 Å². The lowest BCUT2D eigenvalue weighted by atomic mass is 10.0. The zero-order valence-corrected chi connectivity index (χ0v) is 17.2. The summed E-state index contributed by atoms with van der Waals surface area (Å²) < 4.78 is 1.11. The van der Waals surface area contributed by atoms with Crippen LogP contribution in [0.1, 0.15) is 22.3 Å². The summed E-state index contributed by atoms with van der Waals surface area (Å²) in [7, 11) is 0. The number of aromatic nitrogens is 3. The Morgan fingerprint density at radius 1 is 1.21 bits per heavy atom. The van der Waals surface area contributed by atoms with Crippen LogP contribution in [-0.2, 0) is 13.0 Å². The van der Waals surface area contributed by atoms with Crippen molar-refractivity contribution in [2.45, 2.75) is 19.9 Å². The minimum atomic E-state index is 0.509. The largest absolute Gasteiger partial charge is 0.399 e. The molecule has 2 heterocycles. The monoisotopic (exact) mass is 436 g/mol. The van der Waals surface area contributed by atoms with Crippen molar-refractivity contribution < 1.29 is 0 Å². The summed E-state index contributed by atoms with van der Waals surface area (Å²) >= 11 is 3.54. The van der Waals surface area contributed by atoms with Gasteiger partial charge in [0.25, 0.3) is 0 Å². The number of rotatable bonds is 4. The Labute approximate surface area is 172 Å². The SMILES string of the molecule is C=C(N)c1cccc(Nc2ncnc(N3CCc4cc(Br)ccc4C3)n2)c1C. The van der Waals surface area contributed by atoms with E-state index in [1.807, 2.05) is 25.1 Å². The first-order valence-corrected chi connectivity index (χ1v) is 9.83. The Morgan fingerprint density at radius 2 is 2.07 bits per heavy atom. The van der Waals surface area contributed by atoms with Crippen LogP contribution in [0, 0.1) is 6.92 Å². The van der Waals surface area contributed by atoms with Gasteiger partial charge in [0, 0.05) is 34.5 Å². The predicted octanol–water partition coefficient (Wildman–Crippen LogP) is 4.18. The molecule has 0 spiro atoms. The van der Waals surface area contributed by atoms with Gasteiger partial charge in [0.1, 0.15) is 6.33 Å². The lowest BCUT2D eigenvalue weighted by molar-refractivity contribution is 0.704. The van der Waals surface area contributed by atoms with Crippen LogP contribution in [0.25, 0.3) is 5.70 Å². The van der Waals surface area contributed by atoms with Gasteiger partial charge in [0.15, 0.2) is 0 Å². The number of nitrogens with two attached hydrogens (primary N) is 1. The molecule has 1 aliphatic rings. The third-order valence-electron chi connectivity index (χ3n) is 4.95. The highest BCUT2D eigenvalue weighted by Crippen LogP contribution is 2.27. The van der Waals surface area contributed by atoms with Crippen LogP contribution in [0.15, 0.2) is 53.8 Å². The maximum absolute atomic E-state index is 5.87. The molecular weight excluding hydrogens is 416 g/mol. The van der Waals surface area contributed by atoms with Gasteiger partial charge in [-0.15, -0.1) is 0 Å². The van der Waals surface area contributed by atoms with E-state index in [4.69, 9.17) is 5.73 Å². The molecular formula is C21H21BrN6. The molecule has 0 amide bonds. The fourth-order valence-corrected chi connectivity index (χ4v) is 3.84. The molecule has 3 aromatic rings.